The number of aliphatic carboxylic acids is 1. The number of rotatable bonds is 1. The second-order valence-corrected chi connectivity index (χ2v) is 2.30. The quantitative estimate of drug-likeness (QED) is 0.509. The Balaban J connectivity index is 0.000000310. The lowest BCUT2D eigenvalue weighted by Crippen LogP contribution is -2.29. The molecule has 0 saturated carbocycles. The van der Waals surface area contributed by atoms with E-state index in [-0.39, 0.29) is 0 Å². The molecule has 5 heteroatoms. The summed E-state index contributed by atoms with van der Waals surface area (Å²) in [6, 6.07) is 8.66. The third-order valence-electron chi connectivity index (χ3n) is 1.10. The van der Waals surface area contributed by atoms with E-state index in [0.29, 0.717) is 5.46 Å². The highest BCUT2D eigenvalue weighted by atomic mass is 16.4. The predicted molar refractivity (Wildman–Crippen MR) is 49.6 cm³/mol. The van der Waals surface area contributed by atoms with E-state index in [2.05, 4.69) is 0 Å². The Morgan fingerprint density at radius 2 is 1.62 bits per heavy atom. The summed E-state index contributed by atoms with van der Waals surface area (Å²) in [5, 5.41) is 24.6. The molecular weight excluding hydrogens is 171 g/mol. The van der Waals surface area contributed by atoms with Crippen LogP contribution in [-0.2, 0) is 4.79 Å². The van der Waals surface area contributed by atoms with Gasteiger partial charge in [0.1, 0.15) is 0 Å². The lowest BCUT2D eigenvalue weighted by Gasteiger charge is -1.94. The maximum Gasteiger partial charge on any atom is 0.488 e. The topological polar surface area (TPSA) is 77.8 Å². The van der Waals surface area contributed by atoms with Gasteiger partial charge in [0, 0.05) is 6.92 Å². The second-order valence-electron chi connectivity index (χ2n) is 2.30. The summed E-state index contributed by atoms with van der Waals surface area (Å²) in [7, 11) is -1.34. The summed E-state index contributed by atoms with van der Waals surface area (Å²) in [5.41, 5.74) is 0.525. The van der Waals surface area contributed by atoms with Crippen molar-refractivity contribution in [2.75, 3.05) is 0 Å². The van der Waals surface area contributed by atoms with E-state index in [4.69, 9.17) is 19.9 Å². The van der Waals surface area contributed by atoms with Crippen molar-refractivity contribution < 1.29 is 19.9 Å². The van der Waals surface area contributed by atoms with Crippen LogP contribution >= 0.6 is 0 Å². The van der Waals surface area contributed by atoms with Gasteiger partial charge in [-0.3, -0.25) is 4.79 Å². The maximum absolute atomic E-state index is 9.00. The Kier molecular flexibility index (Phi) is 5.59. The number of carboxylic acids is 1. The third-order valence-corrected chi connectivity index (χ3v) is 1.10. The second kappa shape index (κ2) is 6.22. The molecule has 0 aliphatic carbocycles. The Morgan fingerprint density at radius 1 is 1.23 bits per heavy atom. The maximum atomic E-state index is 9.00. The molecule has 0 aromatic heterocycles. The number of carboxylic acid groups (broad SMARTS) is 1. The fourth-order valence-corrected chi connectivity index (χ4v) is 0.625. The molecule has 0 unspecified atom stereocenters. The summed E-state index contributed by atoms with van der Waals surface area (Å²) in [6.07, 6.45) is 0. The molecule has 0 spiro atoms. The molecule has 0 atom stereocenters. The normalized spacial score (nSPS) is 8.23. The average Bonchev–Trinajstić information content (AvgIpc) is 2.05. The van der Waals surface area contributed by atoms with Crippen molar-refractivity contribution >= 4 is 18.6 Å². The minimum Gasteiger partial charge on any atom is -0.481 e. The number of hydrogen-bond donors (Lipinski definition) is 3. The molecule has 4 nitrogen and oxygen atoms in total. The summed E-state index contributed by atoms with van der Waals surface area (Å²) < 4.78 is 0. The summed E-state index contributed by atoms with van der Waals surface area (Å²) in [5.74, 6) is -0.833. The molecule has 3 N–H and O–H groups in total. The van der Waals surface area contributed by atoms with Crippen molar-refractivity contribution in [2.24, 2.45) is 0 Å². The number of benzene rings is 1. The van der Waals surface area contributed by atoms with Crippen LogP contribution in [0.4, 0.5) is 0 Å². The molecule has 13 heavy (non-hydrogen) atoms. The minimum atomic E-state index is -1.34. The van der Waals surface area contributed by atoms with Gasteiger partial charge in [-0.15, -0.1) is 0 Å². The highest BCUT2D eigenvalue weighted by Gasteiger charge is 2.07. The van der Waals surface area contributed by atoms with Gasteiger partial charge in [0.05, 0.1) is 0 Å². The summed E-state index contributed by atoms with van der Waals surface area (Å²) in [6.45, 7) is 1.08. The Labute approximate surface area is 76.6 Å². The first-order valence-electron chi connectivity index (χ1n) is 3.64. The van der Waals surface area contributed by atoms with Crippen LogP contribution in [0, 0.1) is 0 Å². The van der Waals surface area contributed by atoms with Crippen LogP contribution in [0.15, 0.2) is 30.3 Å². The van der Waals surface area contributed by atoms with Crippen LogP contribution in [0.5, 0.6) is 0 Å². The zero-order valence-electron chi connectivity index (χ0n) is 7.21. The number of hydrogen-bond acceptors (Lipinski definition) is 3. The van der Waals surface area contributed by atoms with Crippen LogP contribution in [0.2, 0.25) is 0 Å². The molecule has 0 aliphatic heterocycles. The average molecular weight is 182 g/mol. The van der Waals surface area contributed by atoms with Gasteiger partial charge in [-0.2, -0.15) is 0 Å². The molecule has 1 aromatic carbocycles. The lowest BCUT2D eigenvalue weighted by molar-refractivity contribution is -0.134. The van der Waals surface area contributed by atoms with Crippen LogP contribution < -0.4 is 5.46 Å². The van der Waals surface area contributed by atoms with Crippen molar-refractivity contribution in [3.8, 4) is 0 Å². The van der Waals surface area contributed by atoms with Gasteiger partial charge < -0.3 is 15.2 Å². The van der Waals surface area contributed by atoms with Crippen molar-refractivity contribution in [3.05, 3.63) is 30.3 Å². The van der Waals surface area contributed by atoms with Gasteiger partial charge >= 0.3 is 7.12 Å². The zero-order valence-corrected chi connectivity index (χ0v) is 7.21. The Morgan fingerprint density at radius 3 is 1.85 bits per heavy atom. The van der Waals surface area contributed by atoms with Crippen molar-refractivity contribution in [1.82, 2.24) is 0 Å². The molecule has 0 saturated heterocycles. The van der Waals surface area contributed by atoms with Crippen molar-refractivity contribution in [3.63, 3.8) is 0 Å². The Hall–Kier alpha value is -1.33. The number of carbonyl (C=O) groups is 1. The van der Waals surface area contributed by atoms with E-state index >= 15 is 0 Å². The van der Waals surface area contributed by atoms with Gasteiger partial charge in [-0.1, -0.05) is 30.3 Å². The SMILES string of the molecule is CC(=O)O.OB(O)c1ccccc1. The fourth-order valence-electron chi connectivity index (χ4n) is 0.625. The molecule has 0 heterocycles. The first-order chi connectivity index (χ1) is 6.04. The summed E-state index contributed by atoms with van der Waals surface area (Å²) in [4.78, 5) is 9.00. The molecule has 0 aliphatic rings. The van der Waals surface area contributed by atoms with E-state index in [1.165, 1.54) is 0 Å². The molecule has 0 amide bonds. The van der Waals surface area contributed by atoms with Gasteiger partial charge in [-0.05, 0) is 5.46 Å². The Bertz CT molecular complexity index is 244. The van der Waals surface area contributed by atoms with E-state index < -0.39 is 13.1 Å². The van der Waals surface area contributed by atoms with Gasteiger partial charge in [0.25, 0.3) is 5.97 Å². The van der Waals surface area contributed by atoms with Crippen LogP contribution in [-0.4, -0.2) is 28.2 Å². The van der Waals surface area contributed by atoms with Gasteiger partial charge in [-0.25, -0.2) is 0 Å². The monoisotopic (exact) mass is 182 g/mol. The largest absolute Gasteiger partial charge is 0.488 e. The van der Waals surface area contributed by atoms with Gasteiger partial charge in [0.15, 0.2) is 0 Å². The molecule has 0 radical (unpaired) electrons. The fraction of sp³-hybridized carbons (Fsp3) is 0.125. The first-order valence-corrected chi connectivity index (χ1v) is 3.64. The van der Waals surface area contributed by atoms with Crippen LogP contribution in [0.1, 0.15) is 6.92 Å². The van der Waals surface area contributed by atoms with E-state index in [0.717, 1.165) is 6.92 Å². The highest BCUT2D eigenvalue weighted by Crippen LogP contribution is 1.82. The molecular formula is C8H11BO4. The van der Waals surface area contributed by atoms with E-state index in [1.54, 1.807) is 24.3 Å². The van der Waals surface area contributed by atoms with Gasteiger partial charge in [0.2, 0.25) is 0 Å². The molecule has 0 fully saturated rings. The predicted octanol–water partition coefficient (Wildman–Crippen LogP) is -0.543. The minimum absolute atomic E-state index is 0.525. The zero-order chi connectivity index (χ0) is 10.3. The summed E-state index contributed by atoms with van der Waals surface area (Å²) >= 11 is 0. The smallest absolute Gasteiger partial charge is 0.481 e. The third kappa shape index (κ3) is 7.05. The first kappa shape index (κ1) is 11.7. The highest BCUT2D eigenvalue weighted by molar-refractivity contribution is 6.58. The molecule has 70 valence electrons. The van der Waals surface area contributed by atoms with Crippen LogP contribution in [0.3, 0.4) is 0 Å². The van der Waals surface area contributed by atoms with Crippen molar-refractivity contribution in [1.29, 1.82) is 0 Å². The standard InChI is InChI=1S/C6H7BO2.C2H4O2/c8-7(9)6-4-2-1-3-5-6;1-2(3)4/h1-5,8-9H;1H3,(H,3,4). The van der Waals surface area contributed by atoms with E-state index in [1.807, 2.05) is 6.07 Å². The van der Waals surface area contributed by atoms with E-state index in [9.17, 15) is 0 Å². The molecule has 0 bridgehead atoms. The molecule has 1 rings (SSSR count). The lowest BCUT2D eigenvalue weighted by atomic mass is 9.81. The van der Waals surface area contributed by atoms with Crippen LogP contribution in [0.25, 0.3) is 0 Å². The van der Waals surface area contributed by atoms with Crippen molar-refractivity contribution in [2.45, 2.75) is 6.92 Å². The molecule has 1 aromatic rings.